The summed E-state index contributed by atoms with van der Waals surface area (Å²) < 4.78 is 27.0. The second kappa shape index (κ2) is 4.37. The molecule has 0 aliphatic heterocycles. The summed E-state index contributed by atoms with van der Waals surface area (Å²) in [6.45, 7) is 1.48. The number of rotatable bonds is 1. The van der Waals surface area contributed by atoms with Crippen molar-refractivity contribution in [3.8, 4) is 11.4 Å². The molecule has 17 heavy (non-hydrogen) atoms. The number of halogens is 3. The van der Waals surface area contributed by atoms with E-state index in [1.807, 2.05) is 0 Å². The second-order valence-electron chi connectivity index (χ2n) is 3.49. The molecular weight excluding hydrogens is 292 g/mol. The van der Waals surface area contributed by atoms with Gasteiger partial charge in [-0.1, -0.05) is 15.9 Å². The zero-order chi connectivity index (χ0) is 12.6. The Hall–Kier alpha value is -1.56. The van der Waals surface area contributed by atoms with Crippen molar-refractivity contribution in [2.75, 3.05) is 5.73 Å². The molecule has 1 aromatic carbocycles. The highest BCUT2D eigenvalue weighted by Crippen LogP contribution is 2.23. The molecule has 6 heteroatoms. The Bertz CT molecular complexity index is 544. The zero-order valence-corrected chi connectivity index (χ0v) is 10.4. The maximum absolute atomic E-state index is 13.3. The van der Waals surface area contributed by atoms with Crippen LogP contribution in [0.4, 0.5) is 14.6 Å². The van der Waals surface area contributed by atoms with Crippen LogP contribution in [-0.4, -0.2) is 9.97 Å². The number of anilines is 1. The number of nitrogens with two attached hydrogens (primary N) is 1. The van der Waals surface area contributed by atoms with Gasteiger partial charge >= 0.3 is 0 Å². The van der Waals surface area contributed by atoms with Gasteiger partial charge in [0.05, 0.1) is 5.69 Å². The maximum atomic E-state index is 13.3. The van der Waals surface area contributed by atoms with Gasteiger partial charge in [-0.3, -0.25) is 0 Å². The summed E-state index contributed by atoms with van der Waals surface area (Å²) in [5.41, 5.74) is 5.97. The van der Waals surface area contributed by atoms with Crippen LogP contribution in [0, 0.1) is 18.6 Å². The smallest absolute Gasteiger partial charge is 0.186 e. The third-order valence-corrected chi connectivity index (χ3v) is 2.62. The van der Waals surface area contributed by atoms with Crippen molar-refractivity contribution in [2.45, 2.75) is 6.92 Å². The molecule has 0 aliphatic carbocycles. The minimum absolute atomic E-state index is 0.132. The third kappa shape index (κ3) is 2.41. The molecule has 0 bridgehead atoms. The van der Waals surface area contributed by atoms with Gasteiger partial charge in [-0.25, -0.2) is 18.7 Å². The van der Waals surface area contributed by atoms with Crippen LogP contribution in [0.25, 0.3) is 11.4 Å². The molecule has 0 unspecified atom stereocenters. The van der Waals surface area contributed by atoms with Crippen molar-refractivity contribution in [3.63, 3.8) is 0 Å². The largest absolute Gasteiger partial charge is 0.381 e. The lowest BCUT2D eigenvalue weighted by atomic mass is 10.2. The van der Waals surface area contributed by atoms with Crippen LogP contribution in [-0.2, 0) is 0 Å². The summed E-state index contributed by atoms with van der Waals surface area (Å²) in [5.74, 6) is -1.13. The number of hydrogen-bond donors (Lipinski definition) is 1. The van der Waals surface area contributed by atoms with Crippen molar-refractivity contribution in [2.24, 2.45) is 0 Å². The predicted octanol–water partition coefficient (Wildman–Crippen LogP) is 3.07. The highest BCUT2D eigenvalue weighted by atomic mass is 79.9. The number of benzene rings is 1. The van der Waals surface area contributed by atoms with Crippen molar-refractivity contribution >= 4 is 21.7 Å². The van der Waals surface area contributed by atoms with Gasteiger partial charge in [0.2, 0.25) is 0 Å². The summed E-state index contributed by atoms with van der Waals surface area (Å²) in [7, 11) is 0. The fourth-order valence-electron chi connectivity index (χ4n) is 1.39. The van der Waals surface area contributed by atoms with Gasteiger partial charge < -0.3 is 5.73 Å². The summed E-state index contributed by atoms with van der Waals surface area (Å²) in [6, 6.07) is 4.20. The van der Waals surface area contributed by atoms with E-state index < -0.39 is 11.6 Å². The molecule has 2 N–H and O–H groups in total. The topological polar surface area (TPSA) is 51.8 Å². The van der Waals surface area contributed by atoms with E-state index in [0.29, 0.717) is 10.0 Å². The van der Waals surface area contributed by atoms with Gasteiger partial charge in [-0.2, -0.15) is 0 Å². The van der Waals surface area contributed by atoms with Crippen molar-refractivity contribution in [3.05, 3.63) is 40.0 Å². The highest BCUT2D eigenvalue weighted by Gasteiger charge is 2.11. The Morgan fingerprint density at radius 3 is 2.47 bits per heavy atom. The molecule has 1 heterocycles. The average molecular weight is 300 g/mol. The van der Waals surface area contributed by atoms with E-state index >= 15 is 0 Å². The first-order valence-electron chi connectivity index (χ1n) is 4.73. The van der Waals surface area contributed by atoms with Crippen LogP contribution in [0.2, 0.25) is 0 Å². The van der Waals surface area contributed by atoms with Gasteiger partial charge in [-0.15, -0.1) is 0 Å². The SMILES string of the molecule is Cc1nc(-c2cc(F)cc(Br)c2)nc(N)c1F. The van der Waals surface area contributed by atoms with E-state index in [9.17, 15) is 8.78 Å². The molecule has 0 radical (unpaired) electrons. The molecule has 2 aromatic rings. The van der Waals surface area contributed by atoms with E-state index in [1.165, 1.54) is 19.1 Å². The van der Waals surface area contributed by atoms with Crippen LogP contribution >= 0.6 is 15.9 Å². The lowest BCUT2D eigenvalue weighted by Gasteiger charge is -2.05. The van der Waals surface area contributed by atoms with Gasteiger partial charge in [-0.05, 0) is 25.1 Å². The van der Waals surface area contributed by atoms with Crippen LogP contribution in [0.5, 0.6) is 0 Å². The predicted molar refractivity (Wildman–Crippen MR) is 64.2 cm³/mol. The minimum Gasteiger partial charge on any atom is -0.381 e. The minimum atomic E-state index is -0.649. The monoisotopic (exact) mass is 299 g/mol. The number of nitrogens with zero attached hydrogens (tertiary/aromatic N) is 2. The summed E-state index contributed by atoms with van der Waals surface area (Å²) >= 11 is 3.16. The van der Waals surface area contributed by atoms with E-state index in [1.54, 1.807) is 6.07 Å². The number of aryl methyl sites for hydroxylation is 1. The van der Waals surface area contributed by atoms with Crippen LogP contribution < -0.4 is 5.73 Å². The summed E-state index contributed by atoms with van der Waals surface area (Å²) in [5, 5.41) is 0. The molecule has 0 atom stereocenters. The van der Waals surface area contributed by atoms with Crippen molar-refractivity contribution in [1.29, 1.82) is 0 Å². The standard InChI is InChI=1S/C11H8BrF2N3/c1-5-9(14)10(15)17-11(16-5)6-2-7(12)4-8(13)3-6/h2-4H,1H3,(H2,15,16,17). The molecule has 0 spiro atoms. The van der Waals surface area contributed by atoms with Crippen molar-refractivity contribution in [1.82, 2.24) is 9.97 Å². The Morgan fingerprint density at radius 2 is 1.88 bits per heavy atom. The number of hydrogen-bond acceptors (Lipinski definition) is 3. The van der Waals surface area contributed by atoms with Gasteiger partial charge in [0.15, 0.2) is 17.5 Å². The van der Waals surface area contributed by atoms with E-state index in [2.05, 4.69) is 25.9 Å². The van der Waals surface area contributed by atoms with Crippen LogP contribution in [0.1, 0.15) is 5.69 Å². The van der Waals surface area contributed by atoms with E-state index in [4.69, 9.17) is 5.73 Å². The molecule has 3 nitrogen and oxygen atoms in total. The zero-order valence-electron chi connectivity index (χ0n) is 8.84. The molecule has 2 rings (SSSR count). The fraction of sp³-hybridized carbons (Fsp3) is 0.0909. The van der Waals surface area contributed by atoms with Crippen LogP contribution in [0.3, 0.4) is 0 Å². The maximum Gasteiger partial charge on any atom is 0.186 e. The molecule has 1 aromatic heterocycles. The van der Waals surface area contributed by atoms with E-state index in [-0.39, 0.29) is 17.3 Å². The van der Waals surface area contributed by atoms with Gasteiger partial charge in [0, 0.05) is 10.0 Å². The first kappa shape index (κ1) is 11.9. The van der Waals surface area contributed by atoms with Gasteiger partial charge in [0.25, 0.3) is 0 Å². The average Bonchev–Trinajstić information content (AvgIpc) is 2.23. The molecule has 0 fully saturated rings. The third-order valence-electron chi connectivity index (χ3n) is 2.16. The number of nitrogen functional groups attached to an aromatic ring is 1. The molecule has 0 saturated heterocycles. The Labute approximate surface area is 105 Å². The fourth-order valence-corrected chi connectivity index (χ4v) is 1.86. The second-order valence-corrected chi connectivity index (χ2v) is 4.41. The lowest BCUT2D eigenvalue weighted by molar-refractivity contribution is 0.608. The molecular formula is C11H8BrF2N3. The lowest BCUT2D eigenvalue weighted by Crippen LogP contribution is -2.03. The normalized spacial score (nSPS) is 10.6. The summed E-state index contributed by atoms with van der Waals surface area (Å²) in [4.78, 5) is 7.72. The quantitative estimate of drug-likeness (QED) is 0.880. The first-order valence-corrected chi connectivity index (χ1v) is 5.53. The molecule has 0 aliphatic rings. The molecule has 0 amide bonds. The van der Waals surface area contributed by atoms with Crippen molar-refractivity contribution < 1.29 is 8.78 Å². The van der Waals surface area contributed by atoms with Gasteiger partial charge in [0.1, 0.15) is 5.82 Å². The Balaban J connectivity index is 2.60. The molecule has 0 saturated carbocycles. The Kier molecular flexibility index (Phi) is 3.06. The van der Waals surface area contributed by atoms with E-state index in [0.717, 1.165) is 0 Å². The Morgan fingerprint density at radius 1 is 1.18 bits per heavy atom. The summed E-state index contributed by atoms with van der Waals surface area (Å²) in [6.07, 6.45) is 0. The number of aromatic nitrogens is 2. The first-order chi connectivity index (χ1) is 7.97. The van der Waals surface area contributed by atoms with Crippen LogP contribution in [0.15, 0.2) is 22.7 Å². The molecule has 88 valence electrons. The highest BCUT2D eigenvalue weighted by molar-refractivity contribution is 9.10.